The van der Waals surface area contributed by atoms with Crippen molar-refractivity contribution in [2.24, 2.45) is 0 Å². The predicted octanol–water partition coefficient (Wildman–Crippen LogP) is 13.7. The molecule has 51 heavy (non-hydrogen) atoms. The first kappa shape index (κ1) is 28.3. The Morgan fingerprint density at radius 1 is 0.373 bits per heavy atom. The third-order valence-corrected chi connectivity index (χ3v) is 10.8. The summed E-state index contributed by atoms with van der Waals surface area (Å²) in [5.41, 5.74) is 9.56. The fourth-order valence-corrected chi connectivity index (χ4v) is 8.22. The van der Waals surface area contributed by atoms with E-state index < -0.39 is 0 Å². The van der Waals surface area contributed by atoms with Gasteiger partial charge in [-0.1, -0.05) is 78.4 Å². The van der Waals surface area contributed by atoms with Crippen LogP contribution < -0.4 is 4.74 Å². The summed E-state index contributed by atoms with van der Waals surface area (Å²) >= 11 is 0. The Bertz CT molecular complexity index is 3210. The highest BCUT2D eigenvalue weighted by molar-refractivity contribution is 6.26. The minimum absolute atomic E-state index is 0.840. The van der Waals surface area contributed by atoms with Crippen molar-refractivity contribution in [3.05, 3.63) is 151 Å². The molecule has 0 saturated carbocycles. The monoisotopic (exact) mass is 654 g/mol. The van der Waals surface area contributed by atoms with Gasteiger partial charge in [0.1, 0.15) is 28.1 Å². The zero-order valence-electron chi connectivity index (χ0n) is 28.1. The van der Waals surface area contributed by atoms with E-state index in [-0.39, 0.29) is 0 Å². The van der Waals surface area contributed by atoms with Gasteiger partial charge in [-0.15, -0.1) is 0 Å². The molecule has 3 heteroatoms. The average molecular weight is 655 g/mol. The summed E-state index contributed by atoms with van der Waals surface area (Å²) in [5.74, 6) is 0.840. The van der Waals surface area contributed by atoms with E-state index in [1.54, 1.807) is 7.11 Å². The Labute approximate surface area is 292 Å². The van der Waals surface area contributed by atoms with Gasteiger partial charge >= 0.3 is 0 Å². The molecule has 11 rings (SSSR count). The lowest BCUT2D eigenvalue weighted by atomic mass is 9.88. The molecule has 3 nitrogen and oxygen atoms in total. The van der Waals surface area contributed by atoms with Crippen molar-refractivity contribution in [3.8, 4) is 28.0 Å². The van der Waals surface area contributed by atoms with Crippen molar-refractivity contribution >= 4 is 87.0 Å². The lowest BCUT2D eigenvalue weighted by Crippen LogP contribution is -1.89. The highest BCUT2D eigenvalue weighted by Gasteiger charge is 2.18. The van der Waals surface area contributed by atoms with Crippen molar-refractivity contribution in [2.45, 2.75) is 6.92 Å². The Hall–Kier alpha value is -6.58. The van der Waals surface area contributed by atoms with Crippen LogP contribution in [0.1, 0.15) is 5.56 Å². The molecule has 0 amide bonds. The van der Waals surface area contributed by atoms with Crippen LogP contribution in [0.5, 0.6) is 5.75 Å². The number of hydrogen-bond donors (Lipinski definition) is 0. The van der Waals surface area contributed by atoms with Crippen molar-refractivity contribution in [2.75, 3.05) is 7.11 Å². The molecule has 0 atom stereocenters. The summed E-state index contributed by atoms with van der Waals surface area (Å²) in [5, 5.41) is 14.0. The normalized spacial score (nSPS) is 12.1. The Kier molecular flexibility index (Phi) is 5.80. The van der Waals surface area contributed by atoms with Gasteiger partial charge in [0.25, 0.3) is 0 Å². The molecule has 2 aromatic heterocycles. The van der Waals surface area contributed by atoms with Crippen LogP contribution >= 0.6 is 0 Å². The van der Waals surface area contributed by atoms with Crippen molar-refractivity contribution in [1.29, 1.82) is 0 Å². The molecule has 0 saturated heterocycles. The molecule has 240 valence electrons. The van der Waals surface area contributed by atoms with Gasteiger partial charge in [0.2, 0.25) is 0 Å². The largest absolute Gasteiger partial charge is 0.497 e. The van der Waals surface area contributed by atoms with Crippen molar-refractivity contribution < 1.29 is 13.6 Å². The third kappa shape index (κ3) is 4.18. The zero-order valence-corrected chi connectivity index (χ0v) is 28.1. The van der Waals surface area contributed by atoms with Crippen LogP contribution in [0, 0.1) is 6.92 Å². The average Bonchev–Trinajstić information content (AvgIpc) is 3.73. The number of aryl methyl sites for hydroxylation is 1. The van der Waals surface area contributed by atoms with Gasteiger partial charge in [0, 0.05) is 21.5 Å². The van der Waals surface area contributed by atoms with Crippen molar-refractivity contribution in [3.63, 3.8) is 0 Å². The summed E-state index contributed by atoms with van der Waals surface area (Å²) in [4.78, 5) is 0. The van der Waals surface area contributed by atoms with Crippen LogP contribution in [0.2, 0.25) is 0 Å². The summed E-state index contributed by atoms with van der Waals surface area (Å²) in [7, 11) is 1.71. The van der Waals surface area contributed by atoms with Crippen LogP contribution in [0.25, 0.3) is 109 Å². The maximum Gasteiger partial charge on any atom is 0.136 e. The Morgan fingerprint density at radius 3 is 1.35 bits per heavy atom. The second kappa shape index (κ2) is 10.5. The molecule has 9 aromatic carbocycles. The molecule has 0 radical (unpaired) electrons. The number of ether oxygens (including phenoxy) is 1. The molecular formula is C48H30O3. The lowest BCUT2D eigenvalue weighted by Gasteiger charge is -2.16. The minimum Gasteiger partial charge on any atom is -0.497 e. The van der Waals surface area contributed by atoms with Crippen LogP contribution in [0.3, 0.4) is 0 Å². The molecule has 0 spiro atoms. The van der Waals surface area contributed by atoms with Gasteiger partial charge in [0.05, 0.1) is 7.11 Å². The first-order valence-electron chi connectivity index (χ1n) is 17.3. The zero-order chi connectivity index (χ0) is 33.8. The summed E-state index contributed by atoms with van der Waals surface area (Å²) in [6.07, 6.45) is 0. The van der Waals surface area contributed by atoms with Crippen LogP contribution in [-0.4, -0.2) is 7.11 Å². The second-order valence-corrected chi connectivity index (χ2v) is 13.7. The smallest absolute Gasteiger partial charge is 0.136 e. The molecule has 0 aliphatic carbocycles. The molecule has 2 heterocycles. The predicted molar refractivity (Wildman–Crippen MR) is 213 cm³/mol. The Balaban J connectivity index is 1.29. The summed E-state index contributed by atoms with van der Waals surface area (Å²) < 4.78 is 18.5. The van der Waals surface area contributed by atoms with E-state index in [0.29, 0.717) is 0 Å². The molecule has 0 aliphatic rings. The van der Waals surface area contributed by atoms with Gasteiger partial charge in [-0.25, -0.2) is 0 Å². The third-order valence-electron chi connectivity index (χ3n) is 10.8. The number of fused-ring (bicyclic) bond motifs is 12. The maximum absolute atomic E-state index is 6.47. The van der Waals surface area contributed by atoms with E-state index >= 15 is 0 Å². The lowest BCUT2D eigenvalue weighted by molar-refractivity contribution is 0.415. The number of rotatable bonds is 3. The van der Waals surface area contributed by atoms with Gasteiger partial charge in [-0.3, -0.25) is 0 Å². The van der Waals surface area contributed by atoms with E-state index in [4.69, 9.17) is 13.6 Å². The van der Waals surface area contributed by atoms with Gasteiger partial charge in [-0.2, -0.15) is 0 Å². The molecule has 0 bridgehead atoms. The molecule has 0 N–H and O–H groups in total. The van der Waals surface area contributed by atoms with Crippen LogP contribution in [0.15, 0.2) is 154 Å². The van der Waals surface area contributed by atoms with E-state index in [1.165, 1.54) is 60.0 Å². The van der Waals surface area contributed by atoms with Crippen LogP contribution in [0.4, 0.5) is 0 Å². The van der Waals surface area contributed by atoms with Crippen LogP contribution in [-0.2, 0) is 0 Å². The van der Waals surface area contributed by atoms with Crippen molar-refractivity contribution in [1.82, 2.24) is 0 Å². The fraction of sp³-hybridized carbons (Fsp3) is 0.0417. The quantitative estimate of drug-likeness (QED) is 0.140. The van der Waals surface area contributed by atoms with E-state index in [9.17, 15) is 0 Å². The van der Waals surface area contributed by atoms with Gasteiger partial charge in [0.15, 0.2) is 0 Å². The fourth-order valence-electron chi connectivity index (χ4n) is 8.22. The SMILES string of the molecule is COc1ccc(-c2cc3cc4cc(-c5ccc(C)cc5)c5cc6c(cc5c4cc3c3cc4oc5ccccc5c4cc23)oc2ccccc26)cc1. The number of furan rings is 2. The first-order chi connectivity index (χ1) is 25.1. The highest BCUT2D eigenvalue weighted by Crippen LogP contribution is 2.45. The van der Waals surface area contributed by atoms with Gasteiger partial charge < -0.3 is 13.6 Å². The van der Waals surface area contributed by atoms with E-state index in [0.717, 1.165) is 60.6 Å². The number of benzene rings is 9. The first-order valence-corrected chi connectivity index (χ1v) is 17.3. The van der Waals surface area contributed by atoms with E-state index in [2.05, 4.69) is 122 Å². The molecule has 0 fully saturated rings. The maximum atomic E-state index is 6.47. The second-order valence-electron chi connectivity index (χ2n) is 13.7. The molecule has 11 aromatic rings. The van der Waals surface area contributed by atoms with Gasteiger partial charge in [-0.05, 0) is 145 Å². The topological polar surface area (TPSA) is 35.5 Å². The van der Waals surface area contributed by atoms with E-state index in [1.807, 2.05) is 30.3 Å². The Morgan fingerprint density at radius 2 is 0.843 bits per heavy atom. The number of para-hydroxylation sites is 2. The molecular weight excluding hydrogens is 625 g/mol. The molecule has 0 unspecified atom stereocenters. The highest BCUT2D eigenvalue weighted by atomic mass is 16.5. The number of hydrogen-bond acceptors (Lipinski definition) is 3. The molecule has 0 aliphatic heterocycles. The number of methoxy groups -OCH3 is 1. The summed E-state index contributed by atoms with van der Waals surface area (Å²) in [6, 6.07) is 52.5. The summed E-state index contributed by atoms with van der Waals surface area (Å²) in [6.45, 7) is 2.14. The minimum atomic E-state index is 0.840. The standard InChI is InChI=1S/C48H30O3/c1-27-11-13-28(14-12-27)35-20-30-19-31-21-36(29-15-17-32(49-2)18-16-29)40-24-44-34-8-4-6-10-46(34)51-48(44)26-42(40)38(31)22-37(30)41-25-47-43(23-39(35)41)33-7-3-5-9-45(33)50-47/h3-26H,1-2H3.